The lowest BCUT2D eigenvalue weighted by atomic mass is 9.91. The Morgan fingerprint density at radius 3 is 2.92 bits per heavy atom. The molecule has 0 saturated carbocycles. The van der Waals surface area contributed by atoms with Gasteiger partial charge in [0.25, 0.3) is 0 Å². The number of hydrogen-bond donors (Lipinski definition) is 1. The molecule has 0 bridgehead atoms. The van der Waals surface area contributed by atoms with Crippen LogP contribution in [0.5, 0.6) is 0 Å². The van der Waals surface area contributed by atoms with Gasteiger partial charge < -0.3 is 5.32 Å². The number of fused-ring (bicyclic) bond motifs is 1. The molecule has 2 aliphatic heterocycles. The van der Waals surface area contributed by atoms with Gasteiger partial charge >= 0.3 is 0 Å². The minimum absolute atomic E-state index is 0.0383. The Morgan fingerprint density at radius 1 is 1.69 bits per heavy atom. The van der Waals surface area contributed by atoms with E-state index in [1.807, 2.05) is 6.92 Å². The van der Waals surface area contributed by atoms with Crippen molar-refractivity contribution >= 4 is 11.7 Å². The van der Waals surface area contributed by atoms with Crippen LogP contribution in [0, 0.1) is 5.92 Å². The summed E-state index contributed by atoms with van der Waals surface area (Å²) in [6.07, 6.45) is 2.50. The molecule has 0 radical (unpaired) electrons. The van der Waals surface area contributed by atoms with E-state index in [0.29, 0.717) is 5.70 Å². The molecule has 0 aromatic rings. The van der Waals surface area contributed by atoms with Crippen LogP contribution < -0.4 is 5.32 Å². The summed E-state index contributed by atoms with van der Waals surface area (Å²) in [4.78, 5) is 24.1. The van der Waals surface area contributed by atoms with Crippen molar-refractivity contribution < 1.29 is 9.59 Å². The molecular weight excluding hydrogens is 168 g/mol. The molecule has 2 aliphatic rings. The van der Waals surface area contributed by atoms with E-state index in [2.05, 4.69) is 5.32 Å². The second-order valence-electron chi connectivity index (χ2n) is 3.42. The van der Waals surface area contributed by atoms with E-state index in [1.54, 1.807) is 11.1 Å². The van der Waals surface area contributed by atoms with Crippen molar-refractivity contribution in [3.63, 3.8) is 0 Å². The van der Waals surface area contributed by atoms with Gasteiger partial charge in [-0.25, -0.2) is 0 Å². The summed E-state index contributed by atoms with van der Waals surface area (Å²) in [7, 11) is 0. The first kappa shape index (κ1) is 8.29. The molecule has 4 heteroatoms. The average molecular weight is 180 g/mol. The Bertz CT molecular complexity index is 309. The van der Waals surface area contributed by atoms with Crippen LogP contribution in [0.1, 0.15) is 20.3 Å². The van der Waals surface area contributed by atoms with Crippen molar-refractivity contribution in [2.45, 2.75) is 26.4 Å². The van der Waals surface area contributed by atoms with Crippen molar-refractivity contribution in [1.29, 1.82) is 0 Å². The standard InChI is InChI=1S/C9H12N2O2/c1-3-6-8-10-4-7(5(2)12)11(8)9(6)13/h4,6,8,10H,3H2,1-2H3. The highest BCUT2D eigenvalue weighted by Crippen LogP contribution is 2.34. The van der Waals surface area contributed by atoms with Crippen LogP contribution in [0.15, 0.2) is 11.9 Å². The Balaban J connectivity index is 2.18. The summed E-state index contributed by atoms with van der Waals surface area (Å²) in [5.41, 5.74) is 0.500. The summed E-state index contributed by atoms with van der Waals surface area (Å²) in [6, 6.07) is 0. The first-order valence-electron chi connectivity index (χ1n) is 4.47. The molecule has 1 saturated heterocycles. The fraction of sp³-hybridized carbons (Fsp3) is 0.556. The molecular formula is C9H12N2O2. The molecule has 2 heterocycles. The second kappa shape index (κ2) is 2.58. The maximum atomic E-state index is 11.5. The zero-order chi connectivity index (χ0) is 9.59. The van der Waals surface area contributed by atoms with E-state index < -0.39 is 0 Å². The van der Waals surface area contributed by atoms with Gasteiger partial charge in [0.05, 0.1) is 5.92 Å². The number of nitrogens with zero attached hydrogens (tertiary/aromatic N) is 1. The average Bonchev–Trinajstić information content (AvgIpc) is 2.45. The van der Waals surface area contributed by atoms with E-state index in [0.717, 1.165) is 6.42 Å². The molecule has 0 aromatic heterocycles. The van der Waals surface area contributed by atoms with Crippen LogP contribution in [0.2, 0.25) is 0 Å². The number of Topliss-reactive ketones (excluding diaryl/α,β-unsaturated/α-hetero) is 1. The second-order valence-corrected chi connectivity index (χ2v) is 3.42. The molecule has 2 unspecified atom stereocenters. The van der Waals surface area contributed by atoms with E-state index in [4.69, 9.17) is 0 Å². The molecule has 2 rings (SSSR count). The van der Waals surface area contributed by atoms with Crippen molar-refractivity contribution in [2.24, 2.45) is 5.92 Å². The van der Waals surface area contributed by atoms with Crippen LogP contribution in [0.25, 0.3) is 0 Å². The van der Waals surface area contributed by atoms with Crippen molar-refractivity contribution in [3.05, 3.63) is 11.9 Å². The van der Waals surface area contributed by atoms with Gasteiger partial charge in [-0.2, -0.15) is 0 Å². The molecule has 13 heavy (non-hydrogen) atoms. The Morgan fingerprint density at radius 2 is 2.38 bits per heavy atom. The zero-order valence-electron chi connectivity index (χ0n) is 7.70. The van der Waals surface area contributed by atoms with E-state index in [9.17, 15) is 9.59 Å². The first-order valence-corrected chi connectivity index (χ1v) is 4.47. The van der Waals surface area contributed by atoms with Crippen molar-refractivity contribution in [3.8, 4) is 0 Å². The highest BCUT2D eigenvalue weighted by molar-refractivity contribution is 6.01. The number of ketones is 1. The van der Waals surface area contributed by atoms with E-state index in [-0.39, 0.29) is 23.8 Å². The summed E-state index contributed by atoms with van der Waals surface area (Å²) in [6.45, 7) is 3.45. The Kier molecular flexibility index (Phi) is 1.65. The quantitative estimate of drug-likeness (QED) is 0.618. The monoisotopic (exact) mass is 180 g/mol. The van der Waals surface area contributed by atoms with Gasteiger partial charge in [0.1, 0.15) is 11.9 Å². The van der Waals surface area contributed by atoms with Crippen LogP contribution >= 0.6 is 0 Å². The van der Waals surface area contributed by atoms with Crippen molar-refractivity contribution in [2.75, 3.05) is 0 Å². The number of β-lactam (4-membered cyclic amide) rings is 1. The number of amides is 1. The highest BCUT2D eigenvalue weighted by atomic mass is 16.2. The fourth-order valence-electron chi connectivity index (χ4n) is 1.91. The summed E-state index contributed by atoms with van der Waals surface area (Å²) in [5.74, 6) is 0.0601. The lowest BCUT2D eigenvalue weighted by Crippen LogP contribution is -2.62. The Labute approximate surface area is 76.6 Å². The van der Waals surface area contributed by atoms with E-state index in [1.165, 1.54) is 6.92 Å². The van der Waals surface area contributed by atoms with Crippen LogP contribution in [0.4, 0.5) is 0 Å². The third-order valence-corrected chi connectivity index (χ3v) is 2.66. The molecule has 0 aromatic carbocycles. The van der Waals surface area contributed by atoms with Crippen LogP contribution in [0.3, 0.4) is 0 Å². The first-order chi connectivity index (χ1) is 6.16. The predicted octanol–water partition coefficient (Wildman–Crippen LogP) is 0.214. The summed E-state index contributed by atoms with van der Waals surface area (Å²) >= 11 is 0. The molecule has 0 aliphatic carbocycles. The SMILES string of the molecule is CCC1C(=O)N2C(C(C)=O)=CNC12. The molecule has 0 spiro atoms. The van der Waals surface area contributed by atoms with E-state index >= 15 is 0 Å². The number of carbonyl (C=O) groups is 2. The van der Waals surface area contributed by atoms with Gasteiger partial charge in [-0.05, 0) is 6.42 Å². The minimum Gasteiger partial charge on any atom is -0.368 e. The molecule has 1 fully saturated rings. The largest absolute Gasteiger partial charge is 0.368 e. The van der Waals surface area contributed by atoms with Gasteiger partial charge in [-0.1, -0.05) is 6.92 Å². The van der Waals surface area contributed by atoms with Gasteiger partial charge in [-0.3, -0.25) is 14.5 Å². The van der Waals surface area contributed by atoms with Crippen LogP contribution in [-0.4, -0.2) is 22.8 Å². The topological polar surface area (TPSA) is 49.4 Å². The molecule has 4 nitrogen and oxygen atoms in total. The van der Waals surface area contributed by atoms with Gasteiger partial charge in [0.2, 0.25) is 5.91 Å². The number of rotatable bonds is 2. The number of nitrogens with one attached hydrogen (secondary N) is 1. The normalized spacial score (nSPS) is 30.5. The smallest absolute Gasteiger partial charge is 0.235 e. The summed E-state index contributed by atoms with van der Waals surface area (Å²) in [5, 5.41) is 3.04. The number of allylic oxidation sites excluding steroid dienone is 1. The fourth-order valence-corrected chi connectivity index (χ4v) is 1.91. The predicted molar refractivity (Wildman–Crippen MR) is 46.3 cm³/mol. The molecule has 1 N–H and O–H groups in total. The number of hydrogen-bond acceptors (Lipinski definition) is 3. The minimum atomic E-state index is -0.0575. The maximum Gasteiger partial charge on any atom is 0.235 e. The highest BCUT2D eigenvalue weighted by Gasteiger charge is 2.50. The third-order valence-electron chi connectivity index (χ3n) is 2.66. The molecule has 1 amide bonds. The third kappa shape index (κ3) is 0.913. The lowest BCUT2D eigenvalue weighted by Gasteiger charge is -2.42. The summed E-state index contributed by atoms with van der Waals surface area (Å²) < 4.78 is 0. The van der Waals surface area contributed by atoms with Crippen molar-refractivity contribution in [1.82, 2.24) is 10.2 Å². The molecule has 70 valence electrons. The van der Waals surface area contributed by atoms with Gasteiger partial charge in [0.15, 0.2) is 5.78 Å². The van der Waals surface area contributed by atoms with Gasteiger partial charge in [-0.15, -0.1) is 0 Å². The van der Waals surface area contributed by atoms with Gasteiger partial charge in [0, 0.05) is 13.1 Å². The number of carbonyl (C=O) groups excluding carboxylic acids is 2. The Hall–Kier alpha value is -1.32. The molecule has 2 atom stereocenters. The van der Waals surface area contributed by atoms with Crippen LogP contribution in [-0.2, 0) is 9.59 Å². The lowest BCUT2D eigenvalue weighted by molar-refractivity contribution is -0.153. The zero-order valence-corrected chi connectivity index (χ0v) is 7.70. The maximum absolute atomic E-state index is 11.5.